The van der Waals surface area contributed by atoms with Crippen molar-refractivity contribution >= 4 is 46.2 Å². The highest BCUT2D eigenvalue weighted by Gasteiger charge is 2.18. The van der Waals surface area contributed by atoms with E-state index in [1.54, 1.807) is 78.9 Å². The Hall–Kier alpha value is -3.64. The Balaban J connectivity index is 2.27. The zero-order chi connectivity index (χ0) is 27.5. The second-order valence-corrected chi connectivity index (χ2v) is 8.14. The smallest absolute Gasteiger partial charge is 0.215 e. The van der Waals surface area contributed by atoms with Gasteiger partial charge in [-0.1, -0.05) is 24.4 Å². The summed E-state index contributed by atoms with van der Waals surface area (Å²) in [7, 11) is 12.7. The third-order valence-electron chi connectivity index (χ3n) is 5.16. The first-order valence-corrected chi connectivity index (χ1v) is 11.8. The molecule has 0 spiro atoms. The first-order valence-electron chi connectivity index (χ1n) is 11.0. The second-order valence-electron chi connectivity index (χ2n) is 7.36. The van der Waals surface area contributed by atoms with Gasteiger partial charge in [-0.05, 0) is 36.4 Å². The summed E-state index contributed by atoms with van der Waals surface area (Å²) in [5, 5.41) is 12.0. The Bertz CT molecular complexity index is 1080. The predicted octanol–water partition coefficient (Wildman–Crippen LogP) is 3.95. The van der Waals surface area contributed by atoms with Gasteiger partial charge in [-0.25, -0.2) is 0 Å². The molecule has 0 saturated heterocycles. The van der Waals surface area contributed by atoms with Gasteiger partial charge >= 0.3 is 0 Å². The van der Waals surface area contributed by atoms with Crippen molar-refractivity contribution in [1.82, 2.24) is 10.0 Å². The van der Waals surface area contributed by atoms with Gasteiger partial charge in [0.2, 0.25) is 11.8 Å². The van der Waals surface area contributed by atoms with Gasteiger partial charge in [0.25, 0.3) is 0 Å². The maximum Gasteiger partial charge on any atom is 0.215 e. The molecule has 0 atom stereocenters. The minimum absolute atomic E-state index is 0.136. The molecule has 0 aliphatic rings. The van der Waals surface area contributed by atoms with Crippen LogP contribution in [-0.4, -0.2) is 88.5 Å². The summed E-state index contributed by atoms with van der Waals surface area (Å²) in [6.07, 6.45) is 0.136. The minimum atomic E-state index is 0.136. The number of hydrazone groups is 2. The highest BCUT2D eigenvalue weighted by atomic mass is 32.1. The van der Waals surface area contributed by atoms with Gasteiger partial charge in [0.1, 0.15) is 39.4 Å². The van der Waals surface area contributed by atoms with Crippen molar-refractivity contribution in [2.24, 2.45) is 10.2 Å². The van der Waals surface area contributed by atoms with E-state index in [2.05, 4.69) is 10.2 Å². The standard InChI is InChI=1S/C25H32N4O6S2/c1-28(24(36)18-13-16(30-3)9-11-20(18)32-5)26-22(34-7)15-23(35-8)27-29(2)25(37)19-14-17(31-4)10-12-21(19)33-6/h9-14H,15H2,1-8H3. The van der Waals surface area contributed by atoms with Crippen LogP contribution >= 0.6 is 24.4 Å². The van der Waals surface area contributed by atoms with Crippen molar-refractivity contribution in [3.8, 4) is 23.0 Å². The Morgan fingerprint density at radius 2 is 1.03 bits per heavy atom. The van der Waals surface area contributed by atoms with Crippen LogP contribution in [0.15, 0.2) is 46.6 Å². The molecule has 0 fully saturated rings. The van der Waals surface area contributed by atoms with Crippen LogP contribution in [0, 0.1) is 0 Å². The quantitative estimate of drug-likeness (QED) is 0.188. The highest BCUT2D eigenvalue weighted by molar-refractivity contribution is 7.81. The van der Waals surface area contributed by atoms with E-state index < -0.39 is 0 Å². The molecule has 0 aromatic heterocycles. The number of hydrogen-bond donors (Lipinski definition) is 0. The fourth-order valence-electron chi connectivity index (χ4n) is 3.16. The maximum atomic E-state index is 5.63. The zero-order valence-electron chi connectivity index (χ0n) is 22.2. The second kappa shape index (κ2) is 14.2. The van der Waals surface area contributed by atoms with Gasteiger partial charge in [-0.15, -0.1) is 10.2 Å². The molecule has 0 amide bonds. The molecular formula is C25H32N4O6S2. The molecule has 2 aromatic rings. The molecule has 0 unspecified atom stereocenters. The summed E-state index contributed by atoms with van der Waals surface area (Å²) < 4.78 is 32.5. The predicted molar refractivity (Wildman–Crippen MR) is 152 cm³/mol. The average molecular weight is 549 g/mol. The lowest BCUT2D eigenvalue weighted by Crippen LogP contribution is -2.26. The molecule has 10 nitrogen and oxygen atoms in total. The van der Waals surface area contributed by atoms with Crippen LogP contribution in [-0.2, 0) is 9.47 Å². The number of ether oxygens (including phenoxy) is 6. The number of thiocarbonyl (C=S) groups is 2. The first kappa shape index (κ1) is 29.6. The van der Waals surface area contributed by atoms with Gasteiger partial charge in [-0.3, -0.25) is 10.0 Å². The third kappa shape index (κ3) is 7.67. The monoisotopic (exact) mass is 548 g/mol. The SMILES string of the molecule is COC(CC(=NN(C)C(=S)c1cc(OC)ccc1OC)OC)=NN(C)C(=S)c1cc(OC)ccc1OC. The van der Waals surface area contributed by atoms with Crippen LogP contribution < -0.4 is 18.9 Å². The Kier molecular flexibility index (Phi) is 11.3. The molecule has 12 heteroatoms. The van der Waals surface area contributed by atoms with E-state index in [-0.39, 0.29) is 6.42 Å². The van der Waals surface area contributed by atoms with Gasteiger partial charge in [0, 0.05) is 14.1 Å². The van der Waals surface area contributed by atoms with Crippen LogP contribution in [0.25, 0.3) is 0 Å². The van der Waals surface area contributed by atoms with E-state index >= 15 is 0 Å². The molecule has 200 valence electrons. The van der Waals surface area contributed by atoms with Gasteiger partial charge in [0.05, 0.1) is 53.8 Å². The molecule has 0 aliphatic heterocycles. The zero-order valence-corrected chi connectivity index (χ0v) is 23.9. The topological polar surface area (TPSA) is 86.6 Å². The third-order valence-corrected chi connectivity index (χ3v) is 6.13. The van der Waals surface area contributed by atoms with E-state index in [0.29, 0.717) is 55.9 Å². The largest absolute Gasteiger partial charge is 0.497 e. The van der Waals surface area contributed by atoms with Crippen LogP contribution in [0.1, 0.15) is 17.5 Å². The van der Waals surface area contributed by atoms with E-state index in [4.69, 9.17) is 52.9 Å². The van der Waals surface area contributed by atoms with Crippen molar-refractivity contribution in [2.45, 2.75) is 6.42 Å². The van der Waals surface area contributed by atoms with Crippen LogP contribution in [0.2, 0.25) is 0 Å². The maximum absolute atomic E-state index is 5.63. The van der Waals surface area contributed by atoms with Crippen molar-refractivity contribution in [1.29, 1.82) is 0 Å². The molecule has 0 heterocycles. The summed E-state index contributed by atoms with van der Waals surface area (Å²) in [5.41, 5.74) is 1.30. The van der Waals surface area contributed by atoms with E-state index in [0.717, 1.165) is 0 Å². The molecule has 0 radical (unpaired) electrons. The molecule has 0 aliphatic carbocycles. The molecule has 0 bridgehead atoms. The number of nitrogens with zero attached hydrogens (tertiary/aromatic N) is 4. The van der Waals surface area contributed by atoms with Gasteiger partial charge in [0.15, 0.2) is 0 Å². The fourth-order valence-corrected chi connectivity index (χ4v) is 3.56. The molecule has 37 heavy (non-hydrogen) atoms. The number of benzene rings is 2. The lowest BCUT2D eigenvalue weighted by atomic mass is 10.2. The molecule has 0 N–H and O–H groups in total. The lowest BCUT2D eigenvalue weighted by Gasteiger charge is -2.20. The van der Waals surface area contributed by atoms with Crippen molar-refractivity contribution in [3.63, 3.8) is 0 Å². The Morgan fingerprint density at radius 3 is 1.32 bits per heavy atom. The number of rotatable bonds is 10. The van der Waals surface area contributed by atoms with Gasteiger partial charge < -0.3 is 28.4 Å². The van der Waals surface area contributed by atoms with E-state index in [9.17, 15) is 0 Å². The van der Waals surface area contributed by atoms with Crippen LogP contribution in [0.5, 0.6) is 23.0 Å². The van der Waals surface area contributed by atoms with E-state index in [1.807, 2.05) is 0 Å². The number of hydrogen-bond acceptors (Lipinski definition) is 10. The summed E-state index contributed by atoms with van der Waals surface area (Å²) in [6.45, 7) is 0. The normalized spacial score (nSPS) is 11.4. The van der Waals surface area contributed by atoms with Crippen LogP contribution in [0.4, 0.5) is 0 Å². The Labute approximate surface area is 228 Å². The molecular weight excluding hydrogens is 516 g/mol. The average Bonchev–Trinajstić information content (AvgIpc) is 2.94. The highest BCUT2D eigenvalue weighted by Crippen LogP contribution is 2.27. The summed E-state index contributed by atoms with van der Waals surface area (Å²) in [5.74, 6) is 3.09. The fraction of sp³-hybridized carbons (Fsp3) is 0.360. The lowest BCUT2D eigenvalue weighted by molar-refractivity contribution is 0.352. The van der Waals surface area contributed by atoms with Crippen LogP contribution in [0.3, 0.4) is 0 Å². The molecule has 2 aromatic carbocycles. The van der Waals surface area contributed by atoms with Gasteiger partial charge in [-0.2, -0.15) is 0 Å². The first-order chi connectivity index (χ1) is 17.7. The summed E-state index contributed by atoms with van der Waals surface area (Å²) in [4.78, 5) is 0.814. The summed E-state index contributed by atoms with van der Waals surface area (Å²) in [6, 6.07) is 10.7. The Morgan fingerprint density at radius 1 is 0.649 bits per heavy atom. The number of methoxy groups -OCH3 is 6. The molecule has 0 saturated carbocycles. The summed E-state index contributed by atoms with van der Waals surface area (Å²) >= 11 is 11.3. The van der Waals surface area contributed by atoms with Crippen molar-refractivity contribution in [3.05, 3.63) is 47.5 Å². The van der Waals surface area contributed by atoms with E-state index in [1.165, 1.54) is 24.2 Å². The molecule has 2 rings (SSSR count). The van der Waals surface area contributed by atoms with Crippen molar-refractivity contribution < 1.29 is 28.4 Å². The minimum Gasteiger partial charge on any atom is -0.497 e. The van der Waals surface area contributed by atoms with Crippen molar-refractivity contribution in [2.75, 3.05) is 56.8 Å².